The molecule has 0 aliphatic carbocycles. The van der Waals surface area contributed by atoms with E-state index >= 15 is 0 Å². The number of nitrogens with zero attached hydrogens (tertiary/aromatic N) is 4. The molecular formula is C9H12N6O. The van der Waals surface area contributed by atoms with Crippen molar-refractivity contribution < 1.29 is 4.74 Å². The number of aromatic nitrogens is 4. The van der Waals surface area contributed by atoms with Crippen LogP contribution in [-0.4, -0.2) is 26.6 Å². The Morgan fingerprint density at radius 3 is 3.00 bits per heavy atom. The summed E-state index contributed by atoms with van der Waals surface area (Å²) in [6.07, 6.45) is 5.12. The molecule has 3 N–H and O–H groups in total. The van der Waals surface area contributed by atoms with E-state index in [4.69, 9.17) is 10.6 Å². The molecule has 0 bridgehead atoms. The van der Waals surface area contributed by atoms with Gasteiger partial charge in [-0.2, -0.15) is 0 Å². The molecule has 0 aromatic carbocycles. The van der Waals surface area contributed by atoms with E-state index in [-0.39, 0.29) is 0 Å². The van der Waals surface area contributed by atoms with Gasteiger partial charge < -0.3 is 10.2 Å². The van der Waals surface area contributed by atoms with Crippen LogP contribution in [0.5, 0.6) is 0 Å². The van der Waals surface area contributed by atoms with Crippen LogP contribution in [0.4, 0.5) is 5.82 Å². The Hall–Kier alpha value is -1.99. The van der Waals surface area contributed by atoms with Crippen LogP contribution in [0.25, 0.3) is 5.82 Å². The lowest BCUT2D eigenvalue weighted by molar-refractivity contribution is 0.178. The molecule has 0 saturated heterocycles. The first kappa shape index (κ1) is 10.5. The molecule has 7 nitrogen and oxygen atoms in total. The molecule has 7 heteroatoms. The third-order valence-electron chi connectivity index (χ3n) is 1.95. The van der Waals surface area contributed by atoms with Gasteiger partial charge in [-0.1, -0.05) is 0 Å². The molecule has 2 aromatic heterocycles. The second kappa shape index (κ2) is 4.69. The summed E-state index contributed by atoms with van der Waals surface area (Å²) in [5.41, 5.74) is 2.49. The first-order valence-electron chi connectivity index (χ1n) is 4.65. The number of imidazole rings is 1. The Kier molecular flexibility index (Phi) is 3.08. The molecule has 84 valence electrons. The fraction of sp³-hybridized carbons (Fsp3) is 0.222. The van der Waals surface area contributed by atoms with E-state index < -0.39 is 0 Å². The van der Waals surface area contributed by atoms with Crippen LogP contribution < -0.4 is 11.3 Å². The summed E-state index contributed by atoms with van der Waals surface area (Å²) in [6.45, 7) is 0.331. The molecule has 2 rings (SSSR count). The fourth-order valence-corrected chi connectivity index (χ4v) is 1.28. The maximum absolute atomic E-state index is 5.33. The van der Waals surface area contributed by atoms with Gasteiger partial charge in [-0.05, 0) is 0 Å². The second-order valence-electron chi connectivity index (χ2n) is 3.07. The van der Waals surface area contributed by atoms with Crippen LogP contribution in [0.3, 0.4) is 0 Å². The molecular weight excluding hydrogens is 208 g/mol. The van der Waals surface area contributed by atoms with Gasteiger partial charge in [0.1, 0.15) is 24.6 Å². The smallest absolute Gasteiger partial charge is 0.158 e. The molecule has 0 unspecified atom stereocenters. The molecule has 2 heterocycles. The highest BCUT2D eigenvalue weighted by molar-refractivity contribution is 5.40. The number of nitrogens with one attached hydrogen (secondary N) is 1. The van der Waals surface area contributed by atoms with Crippen molar-refractivity contribution in [2.45, 2.75) is 6.61 Å². The van der Waals surface area contributed by atoms with Crippen LogP contribution in [0, 0.1) is 0 Å². The Morgan fingerprint density at radius 1 is 1.50 bits per heavy atom. The second-order valence-corrected chi connectivity index (χ2v) is 3.07. The zero-order valence-electron chi connectivity index (χ0n) is 8.79. The van der Waals surface area contributed by atoms with E-state index in [0.717, 1.165) is 0 Å². The molecule has 0 radical (unpaired) electrons. The number of nitrogens with two attached hydrogens (primary N) is 1. The summed E-state index contributed by atoms with van der Waals surface area (Å²) in [6, 6.07) is 1.72. The largest absolute Gasteiger partial charge is 0.377 e. The van der Waals surface area contributed by atoms with Crippen LogP contribution >= 0.6 is 0 Å². The predicted octanol–water partition coefficient (Wildman–Crippen LogP) is 0.0943. The zero-order valence-corrected chi connectivity index (χ0v) is 8.79. The third kappa shape index (κ3) is 2.15. The molecule has 0 atom stereocenters. The zero-order chi connectivity index (χ0) is 11.4. The van der Waals surface area contributed by atoms with Crippen LogP contribution in [-0.2, 0) is 11.3 Å². The van der Waals surface area contributed by atoms with Gasteiger partial charge in [0.2, 0.25) is 0 Å². The molecule has 2 aromatic rings. The van der Waals surface area contributed by atoms with Gasteiger partial charge in [0.25, 0.3) is 0 Å². The first-order chi connectivity index (χ1) is 7.83. The molecule has 0 fully saturated rings. The van der Waals surface area contributed by atoms with Crippen molar-refractivity contribution in [2.75, 3.05) is 12.5 Å². The van der Waals surface area contributed by atoms with Gasteiger partial charge in [0.05, 0.1) is 0 Å². The highest BCUT2D eigenvalue weighted by Crippen LogP contribution is 2.10. The Labute approximate surface area is 92.3 Å². The van der Waals surface area contributed by atoms with E-state index in [1.54, 1.807) is 36.5 Å². The van der Waals surface area contributed by atoms with Gasteiger partial charge >= 0.3 is 0 Å². The van der Waals surface area contributed by atoms with E-state index in [2.05, 4.69) is 20.4 Å². The van der Waals surface area contributed by atoms with Gasteiger partial charge in [-0.25, -0.2) is 20.8 Å². The van der Waals surface area contributed by atoms with E-state index in [1.165, 1.54) is 0 Å². The number of hydrazine groups is 1. The molecule has 0 amide bonds. The molecule has 0 spiro atoms. The van der Waals surface area contributed by atoms with Crippen molar-refractivity contribution in [1.29, 1.82) is 0 Å². The van der Waals surface area contributed by atoms with Crippen LogP contribution in [0.1, 0.15) is 5.82 Å². The normalized spacial score (nSPS) is 10.4. The average molecular weight is 220 g/mol. The first-order valence-corrected chi connectivity index (χ1v) is 4.65. The quantitative estimate of drug-likeness (QED) is 0.560. The number of nitrogen functional groups attached to an aromatic ring is 1. The topological polar surface area (TPSA) is 90.9 Å². The lowest BCUT2D eigenvalue weighted by atomic mass is 10.5. The lowest BCUT2D eigenvalue weighted by Crippen LogP contribution is -2.12. The minimum atomic E-state index is 0.331. The van der Waals surface area contributed by atoms with E-state index in [1.807, 2.05) is 0 Å². The molecule has 0 aliphatic rings. The maximum Gasteiger partial charge on any atom is 0.158 e. The van der Waals surface area contributed by atoms with Crippen molar-refractivity contribution >= 4 is 5.82 Å². The van der Waals surface area contributed by atoms with Crippen molar-refractivity contribution in [3.63, 3.8) is 0 Å². The average Bonchev–Trinajstić information content (AvgIpc) is 2.82. The van der Waals surface area contributed by atoms with Crippen molar-refractivity contribution in [3.05, 3.63) is 30.6 Å². The highest BCUT2D eigenvalue weighted by Gasteiger charge is 2.05. The summed E-state index contributed by atoms with van der Waals surface area (Å²) in [5, 5.41) is 0. The monoisotopic (exact) mass is 220 g/mol. The number of anilines is 1. The molecule has 0 aliphatic heterocycles. The maximum atomic E-state index is 5.33. The summed E-state index contributed by atoms with van der Waals surface area (Å²) in [4.78, 5) is 12.4. The van der Waals surface area contributed by atoms with Gasteiger partial charge in [-0.15, -0.1) is 0 Å². The number of methoxy groups -OCH3 is 1. The molecule has 16 heavy (non-hydrogen) atoms. The van der Waals surface area contributed by atoms with E-state index in [0.29, 0.717) is 24.1 Å². The van der Waals surface area contributed by atoms with Crippen molar-refractivity contribution in [3.8, 4) is 5.82 Å². The van der Waals surface area contributed by atoms with Crippen molar-refractivity contribution in [2.24, 2.45) is 5.84 Å². The fourth-order valence-electron chi connectivity index (χ4n) is 1.28. The highest BCUT2D eigenvalue weighted by atomic mass is 16.5. The Bertz CT molecular complexity index is 455. The SMILES string of the molecule is COCc1nc(NN)cc(-n2ccnc2)n1. The lowest BCUT2D eigenvalue weighted by Gasteiger charge is -2.07. The predicted molar refractivity (Wildman–Crippen MR) is 57.7 cm³/mol. The minimum absolute atomic E-state index is 0.331. The minimum Gasteiger partial charge on any atom is -0.377 e. The third-order valence-corrected chi connectivity index (χ3v) is 1.95. The van der Waals surface area contributed by atoms with Crippen molar-refractivity contribution in [1.82, 2.24) is 19.5 Å². The van der Waals surface area contributed by atoms with Gasteiger partial charge in [0.15, 0.2) is 5.82 Å². The standard InChI is InChI=1S/C9H12N6O/c1-16-5-8-12-7(14-10)4-9(13-8)15-3-2-11-6-15/h2-4,6H,5,10H2,1H3,(H,12,13,14). The van der Waals surface area contributed by atoms with Gasteiger partial charge in [-0.3, -0.25) is 4.57 Å². The van der Waals surface area contributed by atoms with Crippen LogP contribution in [0.15, 0.2) is 24.8 Å². The number of ether oxygens (including phenoxy) is 1. The summed E-state index contributed by atoms with van der Waals surface area (Å²) in [5.74, 6) is 7.11. The molecule has 0 saturated carbocycles. The Balaban J connectivity index is 2.41. The number of hydrogen-bond acceptors (Lipinski definition) is 6. The van der Waals surface area contributed by atoms with E-state index in [9.17, 15) is 0 Å². The van der Waals surface area contributed by atoms with Crippen LogP contribution in [0.2, 0.25) is 0 Å². The Morgan fingerprint density at radius 2 is 2.38 bits per heavy atom. The summed E-state index contributed by atoms with van der Waals surface area (Å²) >= 11 is 0. The number of hydrogen-bond donors (Lipinski definition) is 2. The summed E-state index contributed by atoms with van der Waals surface area (Å²) in [7, 11) is 1.59. The van der Waals surface area contributed by atoms with Gasteiger partial charge in [0, 0.05) is 25.6 Å². The summed E-state index contributed by atoms with van der Waals surface area (Å²) < 4.78 is 6.75. The number of rotatable bonds is 4.